The fourth-order valence-electron chi connectivity index (χ4n) is 4.50. The molecule has 0 saturated heterocycles. The average molecular weight is 513 g/mol. The number of rotatable bonds is 24. The summed E-state index contributed by atoms with van der Waals surface area (Å²) < 4.78 is 0.609. The molecular formula is C29H54NO6+. The number of carboxylic acid groups (broad SMARTS) is 3. The third-order valence-electron chi connectivity index (χ3n) is 7.53. The van der Waals surface area contributed by atoms with Gasteiger partial charge in [-0.25, -0.2) is 0 Å². The third-order valence-corrected chi connectivity index (χ3v) is 7.53. The standard InChI is InChI=1S/C29H53NO6/c1-5-6-7-8-9-10-11-12-13-14-15-16-20-30(21-17-24(2)27(31)32,22-18-25(3)28(33)34)23-19-26(4)29(35)36/h6-7,24-26H,5,8-23H2,1-4H3,(H2-,31,32,33,34,35,36)/p+1/b7-6+. The van der Waals surface area contributed by atoms with Crippen LogP contribution in [0.25, 0.3) is 0 Å². The summed E-state index contributed by atoms with van der Waals surface area (Å²) in [6, 6.07) is 0. The molecule has 36 heavy (non-hydrogen) atoms. The Balaban J connectivity index is 4.92. The zero-order chi connectivity index (χ0) is 27.4. The van der Waals surface area contributed by atoms with Gasteiger partial charge in [0.1, 0.15) is 0 Å². The monoisotopic (exact) mass is 512 g/mol. The lowest BCUT2D eigenvalue weighted by Crippen LogP contribution is -2.52. The Morgan fingerprint density at radius 1 is 0.583 bits per heavy atom. The van der Waals surface area contributed by atoms with Crippen LogP contribution in [0.1, 0.15) is 111 Å². The van der Waals surface area contributed by atoms with Crippen molar-refractivity contribution in [2.45, 2.75) is 111 Å². The Morgan fingerprint density at radius 3 is 1.31 bits per heavy atom. The van der Waals surface area contributed by atoms with Gasteiger partial charge >= 0.3 is 17.9 Å². The largest absolute Gasteiger partial charge is 0.481 e. The molecule has 3 atom stereocenters. The van der Waals surface area contributed by atoms with Crippen molar-refractivity contribution in [3.8, 4) is 0 Å². The van der Waals surface area contributed by atoms with Gasteiger partial charge in [-0.2, -0.15) is 0 Å². The van der Waals surface area contributed by atoms with E-state index in [-0.39, 0.29) is 0 Å². The van der Waals surface area contributed by atoms with Crippen molar-refractivity contribution in [3.05, 3.63) is 12.2 Å². The van der Waals surface area contributed by atoms with Crippen LogP contribution in [0.5, 0.6) is 0 Å². The van der Waals surface area contributed by atoms with Crippen LogP contribution in [0.15, 0.2) is 12.2 Å². The van der Waals surface area contributed by atoms with Gasteiger partial charge in [-0.15, -0.1) is 0 Å². The molecule has 0 spiro atoms. The van der Waals surface area contributed by atoms with Crippen LogP contribution in [0.3, 0.4) is 0 Å². The summed E-state index contributed by atoms with van der Waals surface area (Å²) in [5.41, 5.74) is 0. The molecule has 210 valence electrons. The number of hydrogen-bond acceptors (Lipinski definition) is 3. The Hall–Kier alpha value is -1.89. The highest BCUT2D eigenvalue weighted by atomic mass is 16.4. The highest BCUT2D eigenvalue weighted by Gasteiger charge is 2.31. The lowest BCUT2D eigenvalue weighted by Gasteiger charge is -2.40. The van der Waals surface area contributed by atoms with Crippen LogP contribution in [0.2, 0.25) is 0 Å². The lowest BCUT2D eigenvalue weighted by molar-refractivity contribution is -0.929. The van der Waals surface area contributed by atoms with Gasteiger partial charge in [-0.05, 0) is 32.1 Å². The van der Waals surface area contributed by atoms with Crippen molar-refractivity contribution in [2.75, 3.05) is 26.2 Å². The molecule has 0 aliphatic carbocycles. The molecule has 7 heteroatoms. The molecule has 0 aromatic heterocycles. The Labute approximate surface area is 219 Å². The predicted octanol–water partition coefficient (Wildman–Crippen LogP) is 6.61. The molecule has 0 saturated carbocycles. The number of unbranched alkanes of at least 4 members (excludes halogenated alkanes) is 8. The molecule has 3 unspecified atom stereocenters. The summed E-state index contributed by atoms with van der Waals surface area (Å²) in [6.07, 6.45) is 17.8. The van der Waals surface area contributed by atoms with Crippen LogP contribution < -0.4 is 0 Å². The molecule has 0 amide bonds. The van der Waals surface area contributed by atoms with E-state index in [9.17, 15) is 29.7 Å². The number of hydrogen-bond donors (Lipinski definition) is 3. The van der Waals surface area contributed by atoms with Crippen LogP contribution in [0, 0.1) is 17.8 Å². The molecular weight excluding hydrogens is 458 g/mol. The van der Waals surface area contributed by atoms with E-state index in [0.717, 1.165) is 25.8 Å². The molecule has 0 aliphatic rings. The van der Waals surface area contributed by atoms with E-state index < -0.39 is 35.7 Å². The molecule has 0 bridgehead atoms. The number of aliphatic carboxylic acids is 3. The number of quaternary nitrogens is 1. The summed E-state index contributed by atoms with van der Waals surface area (Å²) in [6.45, 7) is 10.0. The van der Waals surface area contributed by atoms with Crippen LogP contribution in [0.4, 0.5) is 0 Å². The molecule has 7 nitrogen and oxygen atoms in total. The van der Waals surface area contributed by atoms with Gasteiger partial charge < -0.3 is 19.8 Å². The SMILES string of the molecule is CC/C=C/CCCCCCCCCC[N+](CCC(C)C(=O)O)(CCC(C)C(=O)O)CCC(C)C(=O)O. The van der Waals surface area contributed by atoms with E-state index in [1.165, 1.54) is 44.9 Å². The first-order chi connectivity index (χ1) is 17.0. The minimum absolute atomic E-state index is 0.478. The highest BCUT2D eigenvalue weighted by molar-refractivity contribution is 5.70. The average Bonchev–Trinajstić information content (AvgIpc) is 2.84. The minimum atomic E-state index is -0.827. The molecule has 0 aromatic carbocycles. The van der Waals surface area contributed by atoms with Gasteiger partial charge in [0.25, 0.3) is 0 Å². The Bertz CT molecular complexity index is 588. The van der Waals surface area contributed by atoms with Gasteiger partial charge in [0, 0.05) is 19.3 Å². The molecule has 0 fully saturated rings. The molecule has 3 N–H and O–H groups in total. The molecule has 0 radical (unpaired) electrons. The maximum absolute atomic E-state index is 11.4. The molecule has 0 heterocycles. The van der Waals surface area contributed by atoms with E-state index in [4.69, 9.17) is 0 Å². The fraction of sp³-hybridized carbons (Fsp3) is 0.828. The van der Waals surface area contributed by atoms with Gasteiger partial charge in [0.15, 0.2) is 0 Å². The van der Waals surface area contributed by atoms with Gasteiger partial charge in [-0.1, -0.05) is 72.0 Å². The van der Waals surface area contributed by atoms with Crippen molar-refractivity contribution in [3.63, 3.8) is 0 Å². The first-order valence-electron chi connectivity index (χ1n) is 14.2. The summed E-state index contributed by atoms with van der Waals surface area (Å²) in [5.74, 6) is -3.91. The van der Waals surface area contributed by atoms with Gasteiger partial charge in [-0.3, -0.25) is 14.4 Å². The van der Waals surface area contributed by atoms with Crippen molar-refractivity contribution in [1.82, 2.24) is 0 Å². The minimum Gasteiger partial charge on any atom is -0.481 e. The lowest BCUT2D eigenvalue weighted by atomic mass is 10.0. The second-order valence-electron chi connectivity index (χ2n) is 10.8. The summed E-state index contributed by atoms with van der Waals surface area (Å²) in [4.78, 5) is 34.3. The first-order valence-corrected chi connectivity index (χ1v) is 14.2. The quantitative estimate of drug-likeness (QED) is 0.0762. The van der Waals surface area contributed by atoms with Crippen LogP contribution >= 0.6 is 0 Å². The maximum Gasteiger partial charge on any atom is 0.306 e. The smallest absolute Gasteiger partial charge is 0.306 e. The van der Waals surface area contributed by atoms with E-state index in [2.05, 4.69) is 19.1 Å². The predicted molar refractivity (Wildman–Crippen MR) is 145 cm³/mol. The van der Waals surface area contributed by atoms with Gasteiger partial charge in [0.2, 0.25) is 0 Å². The summed E-state index contributed by atoms with van der Waals surface area (Å²) in [5, 5.41) is 28.2. The number of carboxylic acids is 3. The van der Waals surface area contributed by atoms with Crippen LogP contribution in [-0.4, -0.2) is 63.9 Å². The molecule has 0 aliphatic heterocycles. The summed E-state index contributed by atoms with van der Waals surface area (Å²) in [7, 11) is 0. The van der Waals surface area contributed by atoms with Crippen molar-refractivity contribution >= 4 is 17.9 Å². The fourth-order valence-corrected chi connectivity index (χ4v) is 4.50. The van der Waals surface area contributed by atoms with Crippen LogP contribution in [-0.2, 0) is 14.4 Å². The Kier molecular flexibility index (Phi) is 19.1. The Morgan fingerprint density at radius 2 is 0.944 bits per heavy atom. The van der Waals surface area contributed by atoms with Gasteiger partial charge in [0.05, 0.1) is 43.9 Å². The first kappa shape index (κ1) is 34.1. The molecule has 0 rings (SSSR count). The topological polar surface area (TPSA) is 112 Å². The van der Waals surface area contributed by atoms with Crippen molar-refractivity contribution in [1.29, 1.82) is 0 Å². The zero-order valence-electron chi connectivity index (χ0n) is 23.4. The number of carbonyl (C=O) groups is 3. The van der Waals surface area contributed by atoms with E-state index >= 15 is 0 Å². The zero-order valence-corrected chi connectivity index (χ0v) is 23.4. The second kappa shape index (κ2) is 20.2. The summed E-state index contributed by atoms with van der Waals surface area (Å²) >= 11 is 0. The second-order valence-corrected chi connectivity index (χ2v) is 10.8. The van der Waals surface area contributed by atoms with Crippen molar-refractivity contribution in [2.24, 2.45) is 17.8 Å². The number of allylic oxidation sites excluding steroid dienone is 2. The number of nitrogens with zero attached hydrogens (tertiary/aromatic N) is 1. The third kappa shape index (κ3) is 16.7. The van der Waals surface area contributed by atoms with E-state index in [1.54, 1.807) is 20.8 Å². The molecule has 0 aromatic rings. The van der Waals surface area contributed by atoms with Crippen molar-refractivity contribution < 1.29 is 34.2 Å². The maximum atomic E-state index is 11.4. The van der Waals surface area contributed by atoms with E-state index in [0.29, 0.717) is 43.4 Å². The normalized spacial score (nSPS) is 15.9. The highest BCUT2D eigenvalue weighted by Crippen LogP contribution is 2.22. The van der Waals surface area contributed by atoms with E-state index in [1.807, 2.05) is 0 Å².